The molecule has 84 valence electrons. The minimum atomic E-state index is -0.146. The molecule has 1 heterocycles. The highest BCUT2D eigenvalue weighted by molar-refractivity contribution is 7.10. The first-order chi connectivity index (χ1) is 7.29. The number of methoxy groups -OCH3 is 1. The number of ether oxygens (including phenoxy) is 1. The minimum absolute atomic E-state index is 0.113. The van der Waals surface area contributed by atoms with Crippen molar-refractivity contribution in [2.45, 2.75) is 25.2 Å². The first-order valence-electron chi connectivity index (χ1n) is 4.96. The van der Waals surface area contributed by atoms with Gasteiger partial charge in [-0.05, 0) is 24.3 Å². The second-order valence-corrected chi connectivity index (χ2v) is 4.63. The van der Waals surface area contributed by atoms with Crippen molar-refractivity contribution in [3.8, 4) is 0 Å². The fourth-order valence-corrected chi connectivity index (χ4v) is 2.49. The normalized spacial score (nSPS) is 12.4. The number of thiophene rings is 1. The van der Waals surface area contributed by atoms with E-state index in [-0.39, 0.29) is 11.9 Å². The van der Waals surface area contributed by atoms with Crippen molar-refractivity contribution in [1.29, 1.82) is 0 Å². The Labute approximate surface area is 99.2 Å². The fourth-order valence-electron chi connectivity index (χ4n) is 1.45. The van der Waals surface area contributed by atoms with Crippen molar-refractivity contribution in [2.75, 3.05) is 13.0 Å². The Bertz CT molecular complexity index is 285. The van der Waals surface area contributed by atoms with Crippen LogP contribution in [0.1, 0.15) is 30.1 Å². The van der Waals surface area contributed by atoms with E-state index in [9.17, 15) is 4.79 Å². The van der Waals surface area contributed by atoms with Crippen LogP contribution in [0.15, 0.2) is 17.5 Å². The average molecular weight is 247 g/mol. The van der Waals surface area contributed by atoms with E-state index in [0.29, 0.717) is 5.88 Å². The Morgan fingerprint density at radius 2 is 2.40 bits per heavy atom. The maximum Gasteiger partial charge on any atom is 0.313 e. The second-order valence-electron chi connectivity index (χ2n) is 3.28. The zero-order valence-electron chi connectivity index (χ0n) is 8.74. The van der Waals surface area contributed by atoms with Gasteiger partial charge in [0.25, 0.3) is 0 Å². The van der Waals surface area contributed by atoms with Crippen molar-refractivity contribution in [3.05, 3.63) is 22.4 Å². The van der Waals surface area contributed by atoms with Gasteiger partial charge in [0.1, 0.15) is 0 Å². The average Bonchev–Trinajstić information content (AvgIpc) is 2.77. The van der Waals surface area contributed by atoms with Gasteiger partial charge in [-0.15, -0.1) is 22.9 Å². The van der Waals surface area contributed by atoms with Gasteiger partial charge in [0.05, 0.1) is 13.0 Å². The van der Waals surface area contributed by atoms with Crippen LogP contribution in [-0.4, -0.2) is 19.0 Å². The molecule has 2 nitrogen and oxygen atoms in total. The lowest BCUT2D eigenvalue weighted by Gasteiger charge is -2.12. The maximum absolute atomic E-state index is 11.6. The molecule has 0 saturated carbocycles. The summed E-state index contributed by atoms with van der Waals surface area (Å²) >= 11 is 7.21. The summed E-state index contributed by atoms with van der Waals surface area (Å²) < 4.78 is 4.80. The Hall–Kier alpha value is -0.540. The third-order valence-electron chi connectivity index (χ3n) is 2.25. The molecule has 0 fully saturated rings. The van der Waals surface area contributed by atoms with Crippen LogP contribution in [0.25, 0.3) is 0 Å². The van der Waals surface area contributed by atoms with Gasteiger partial charge >= 0.3 is 5.97 Å². The molecule has 0 aliphatic carbocycles. The largest absolute Gasteiger partial charge is 0.469 e. The number of hydrogen-bond donors (Lipinski definition) is 0. The van der Waals surface area contributed by atoms with E-state index in [1.165, 1.54) is 7.11 Å². The van der Waals surface area contributed by atoms with Crippen LogP contribution in [-0.2, 0) is 9.53 Å². The summed E-state index contributed by atoms with van der Waals surface area (Å²) in [5, 5.41) is 1.98. The molecule has 1 unspecified atom stereocenters. The van der Waals surface area contributed by atoms with Crippen molar-refractivity contribution in [1.82, 2.24) is 0 Å². The molecule has 0 spiro atoms. The SMILES string of the molecule is COC(=O)C(CCCCCl)c1cccs1. The molecule has 1 rings (SSSR count). The number of hydrogen-bond acceptors (Lipinski definition) is 3. The summed E-state index contributed by atoms with van der Waals surface area (Å²) in [4.78, 5) is 12.6. The molecule has 0 N–H and O–H groups in total. The lowest BCUT2D eigenvalue weighted by Crippen LogP contribution is -2.13. The van der Waals surface area contributed by atoms with E-state index >= 15 is 0 Å². The summed E-state index contributed by atoms with van der Waals surface area (Å²) in [6.07, 6.45) is 2.72. The molecule has 0 aliphatic rings. The van der Waals surface area contributed by atoms with E-state index < -0.39 is 0 Å². The number of carbonyl (C=O) groups excluding carboxylic acids is 1. The van der Waals surface area contributed by atoms with Gasteiger partial charge in [-0.3, -0.25) is 4.79 Å². The highest BCUT2D eigenvalue weighted by Gasteiger charge is 2.21. The van der Waals surface area contributed by atoms with Crippen LogP contribution in [0, 0.1) is 0 Å². The van der Waals surface area contributed by atoms with Crippen molar-refractivity contribution in [2.24, 2.45) is 0 Å². The number of rotatable bonds is 6. The zero-order chi connectivity index (χ0) is 11.1. The van der Waals surface area contributed by atoms with E-state index in [2.05, 4.69) is 0 Å². The van der Waals surface area contributed by atoms with Crippen LogP contribution in [0.4, 0.5) is 0 Å². The number of unbranched alkanes of at least 4 members (excludes halogenated alkanes) is 1. The fraction of sp³-hybridized carbons (Fsp3) is 0.545. The number of halogens is 1. The number of esters is 1. The molecule has 1 aromatic heterocycles. The smallest absolute Gasteiger partial charge is 0.313 e. The zero-order valence-corrected chi connectivity index (χ0v) is 10.3. The van der Waals surface area contributed by atoms with Crippen LogP contribution >= 0.6 is 22.9 Å². The van der Waals surface area contributed by atoms with Gasteiger partial charge in [0, 0.05) is 10.8 Å². The van der Waals surface area contributed by atoms with Crippen molar-refractivity contribution < 1.29 is 9.53 Å². The Morgan fingerprint density at radius 1 is 1.60 bits per heavy atom. The summed E-state index contributed by atoms with van der Waals surface area (Å²) in [7, 11) is 1.44. The van der Waals surface area contributed by atoms with Crippen LogP contribution < -0.4 is 0 Å². The van der Waals surface area contributed by atoms with E-state index in [0.717, 1.165) is 24.1 Å². The summed E-state index contributed by atoms with van der Waals surface area (Å²) in [5.41, 5.74) is 0. The first kappa shape index (κ1) is 12.5. The molecule has 1 aromatic rings. The van der Waals surface area contributed by atoms with Gasteiger partial charge in [0.2, 0.25) is 0 Å². The van der Waals surface area contributed by atoms with E-state index in [1.54, 1.807) is 11.3 Å². The van der Waals surface area contributed by atoms with Gasteiger partial charge < -0.3 is 4.74 Å². The number of carbonyl (C=O) groups is 1. The Kier molecular flexibility index (Phi) is 5.73. The van der Waals surface area contributed by atoms with E-state index in [4.69, 9.17) is 16.3 Å². The van der Waals surface area contributed by atoms with Gasteiger partial charge in [-0.1, -0.05) is 12.5 Å². The standard InChI is InChI=1S/C11H15ClO2S/c1-14-11(13)9(5-2-3-7-12)10-6-4-8-15-10/h4,6,8-9H,2-3,5,7H2,1H3. The van der Waals surface area contributed by atoms with Crippen LogP contribution in [0.2, 0.25) is 0 Å². The van der Waals surface area contributed by atoms with Gasteiger partial charge in [-0.25, -0.2) is 0 Å². The summed E-state index contributed by atoms with van der Waals surface area (Å²) in [5.74, 6) is 0.392. The van der Waals surface area contributed by atoms with Gasteiger partial charge in [-0.2, -0.15) is 0 Å². The molecular formula is C11H15ClO2S. The Balaban J connectivity index is 2.58. The van der Waals surface area contributed by atoms with Crippen LogP contribution in [0.3, 0.4) is 0 Å². The molecule has 0 bridgehead atoms. The Morgan fingerprint density at radius 3 is 2.93 bits per heavy atom. The van der Waals surface area contributed by atoms with Gasteiger partial charge in [0.15, 0.2) is 0 Å². The molecule has 0 radical (unpaired) electrons. The quantitative estimate of drug-likeness (QED) is 0.437. The van der Waals surface area contributed by atoms with Crippen LogP contribution in [0.5, 0.6) is 0 Å². The molecule has 0 saturated heterocycles. The second kappa shape index (κ2) is 6.85. The van der Waals surface area contributed by atoms with E-state index in [1.807, 2.05) is 17.5 Å². The monoisotopic (exact) mass is 246 g/mol. The molecule has 0 amide bonds. The molecule has 0 aromatic carbocycles. The molecule has 1 atom stereocenters. The minimum Gasteiger partial charge on any atom is -0.469 e. The predicted octanol–water partition coefficient (Wildman–Crippen LogP) is 3.41. The highest BCUT2D eigenvalue weighted by Crippen LogP contribution is 2.27. The third-order valence-corrected chi connectivity index (χ3v) is 3.50. The molecule has 15 heavy (non-hydrogen) atoms. The predicted molar refractivity (Wildman–Crippen MR) is 63.6 cm³/mol. The third kappa shape index (κ3) is 3.84. The molecular weight excluding hydrogens is 232 g/mol. The topological polar surface area (TPSA) is 26.3 Å². The van der Waals surface area contributed by atoms with Crippen molar-refractivity contribution >= 4 is 28.9 Å². The highest BCUT2D eigenvalue weighted by atomic mass is 35.5. The molecule has 4 heteroatoms. The summed E-state index contributed by atoms with van der Waals surface area (Å²) in [6.45, 7) is 0. The lowest BCUT2D eigenvalue weighted by molar-refractivity contribution is -0.142. The molecule has 0 aliphatic heterocycles. The number of alkyl halides is 1. The summed E-state index contributed by atoms with van der Waals surface area (Å²) in [6, 6.07) is 3.93. The van der Waals surface area contributed by atoms with Crippen molar-refractivity contribution in [3.63, 3.8) is 0 Å². The maximum atomic E-state index is 11.6. The first-order valence-corrected chi connectivity index (χ1v) is 6.38. The lowest BCUT2D eigenvalue weighted by atomic mass is 10.0.